The molecule has 4 heterocycles. The summed E-state index contributed by atoms with van der Waals surface area (Å²) in [5, 5.41) is 19.2. The lowest BCUT2D eigenvalue weighted by Gasteiger charge is -2.33. The molecule has 9 nitrogen and oxygen atoms in total. The lowest BCUT2D eigenvalue weighted by Crippen LogP contribution is -2.44. The Morgan fingerprint density at radius 2 is 1.97 bits per heavy atom. The van der Waals surface area contributed by atoms with Gasteiger partial charge in [0.1, 0.15) is 5.52 Å². The molecule has 5 rings (SSSR count). The van der Waals surface area contributed by atoms with Gasteiger partial charge in [0, 0.05) is 43.9 Å². The first-order valence-electron chi connectivity index (χ1n) is 11.1. The van der Waals surface area contributed by atoms with Gasteiger partial charge in [-0.05, 0) is 44.0 Å². The van der Waals surface area contributed by atoms with Crippen molar-refractivity contribution in [2.75, 3.05) is 43.0 Å². The number of non-ortho nitro benzene ring substituents is 1. The molecule has 2 aliphatic heterocycles. The highest BCUT2D eigenvalue weighted by Crippen LogP contribution is 2.49. The fourth-order valence-electron chi connectivity index (χ4n) is 4.54. The smallest absolute Gasteiger partial charge is 0.319 e. The number of nitro benzene ring substituents is 1. The molecule has 3 aromatic rings. The number of ether oxygens (including phenoxy) is 1. The summed E-state index contributed by atoms with van der Waals surface area (Å²) in [7, 11) is 0. The Bertz CT molecular complexity index is 1250. The zero-order chi connectivity index (χ0) is 23.2. The first kappa shape index (κ1) is 21.6. The van der Waals surface area contributed by atoms with Gasteiger partial charge in [-0.3, -0.25) is 10.1 Å². The maximum Gasteiger partial charge on any atom is 0.319 e. The van der Waals surface area contributed by atoms with Crippen molar-refractivity contribution in [2.24, 2.45) is 0 Å². The summed E-state index contributed by atoms with van der Waals surface area (Å²) in [6, 6.07) is 7.12. The summed E-state index contributed by atoms with van der Waals surface area (Å²) >= 11 is 1.65. The van der Waals surface area contributed by atoms with Crippen LogP contribution in [0.5, 0.6) is 6.01 Å². The number of piperazine rings is 1. The van der Waals surface area contributed by atoms with Gasteiger partial charge in [-0.25, -0.2) is 0 Å². The van der Waals surface area contributed by atoms with E-state index >= 15 is 0 Å². The summed E-state index contributed by atoms with van der Waals surface area (Å²) in [4.78, 5) is 22.5. The topological polar surface area (TPSA) is 105 Å². The standard InChI is InChI=1S/C23H26N6O3S/c1-4-32-22-25-18-17-14(2)13-23(3,15-5-7-16(8-6-15)29(30)31)27-21(17)33-19(18)20(26-22)28-11-9-24-10-12-28/h5-8,13,24,27H,4,9-12H2,1-3H3. The summed E-state index contributed by atoms with van der Waals surface area (Å²) in [5.41, 5.74) is 3.60. The quantitative estimate of drug-likeness (QED) is 0.427. The van der Waals surface area contributed by atoms with Gasteiger partial charge >= 0.3 is 6.01 Å². The third-order valence-electron chi connectivity index (χ3n) is 6.14. The summed E-state index contributed by atoms with van der Waals surface area (Å²) in [6.45, 7) is 10.2. The van der Waals surface area contributed by atoms with Crippen LogP contribution in [0.25, 0.3) is 15.8 Å². The van der Waals surface area contributed by atoms with Crippen LogP contribution in [0.3, 0.4) is 0 Å². The Labute approximate surface area is 195 Å². The lowest BCUT2D eigenvalue weighted by atomic mass is 9.86. The van der Waals surface area contributed by atoms with E-state index in [4.69, 9.17) is 14.7 Å². The molecule has 172 valence electrons. The Morgan fingerprint density at radius 1 is 1.24 bits per heavy atom. The number of aromatic nitrogens is 2. The molecule has 0 bridgehead atoms. The van der Waals surface area contributed by atoms with Gasteiger partial charge in [0.15, 0.2) is 5.82 Å². The van der Waals surface area contributed by atoms with Crippen molar-refractivity contribution in [3.63, 3.8) is 0 Å². The Balaban J connectivity index is 1.61. The van der Waals surface area contributed by atoms with Crippen LogP contribution in [0.2, 0.25) is 0 Å². The summed E-state index contributed by atoms with van der Waals surface area (Å²) in [6.07, 6.45) is 2.16. The Hall–Kier alpha value is -3.24. The molecule has 2 aliphatic rings. The van der Waals surface area contributed by atoms with E-state index in [0.29, 0.717) is 12.6 Å². The molecule has 1 aromatic carbocycles. The zero-order valence-corrected chi connectivity index (χ0v) is 19.7. The molecule has 1 fully saturated rings. The second-order valence-electron chi connectivity index (χ2n) is 8.44. The molecule has 1 unspecified atom stereocenters. The second kappa shape index (κ2) is 8.27. The highest BCUT2D eigenvalue weighted by Gasteiger charge is 2.34. The minimum absolute atomic E-state index is 0.0841. The van der Waals surface area contributed by atoms with Crippen LogP contribution in [-0.4, -0.2) is 47.7 Å². The number of nitrogens with one attached hydrogen (secondary N) is 2. The normalized spacial score (nSPS) is 20.2. The highest BCUT2D eigenvalue weighted by atomic mass is 32.1. The molecule has 1 saturated heterocycles. The number of benzene rings is 1. The number of hydrogen-bond donors (Lipinski definition) is 2. The Kier molecular flexibility index (Phi) is 5.41. The van der Waals surface area contributed by atoms with Gasteiger partial charge in [0.25, 0.3) is 5.69 Å². The van der Waals surface area contributed by atoms with E-state index in [9.17, 15) is 10.1 Å². The molecule has 0 radical (unpaired) electrons. The fraction of sp³-hybridized carbons (Fsp3) is 0.391. The van der Waals surface area contributed by atoms with Crippen molar-refractivity contribution in [3.8, 4) is 6.01 Å². The molecule has 10 heteroatoms. The first-order valence-corrected chi connectivity index (χ1v) is 11.9. The van der Waals surface area contributed by atoms with E-state index in [1.165, 1.54) is 0 Å². The van der Waals surface area contributed by atoms with E-state index in [0.717, 1.165) is 63.9 Å². The van der Waals surface area contributed by atoms with Gasteiger partial charge in [-0.15, -0.1) is 11.3 Å². The average molecular weight is 467 g/mol. The monoisotopic (exact) mass is 466 g/mol. The lowest BCUT2D eigenvalue weighted by molar-refractivity contribution is -0.384. The number of anilines is 2. The van der Waals surface area contributed by atoms with Crippen LogP contribution in [0, 0.1) is 10.1 Å². The Morgan fingerprint density at radius 3 is 2.64 bits per heavy atom. The predicted molar refractivity (Wildman–Crippen MR) is 131 cm³/mol. The minimum atomic E-state index is -0.502. The molecule has 33 heavy (non-hydrogen) atoms. The molecule has 0 amide bonds. The van der Waals surface area contributed by atoms with Crippen molar-refractivity contribution in [1.82, 2.24) is 15.3 Å². The highest BCUT2D eigenvalue weighted by molar-refractivity contribution is 7.23. The summed E-state index contributed by atoms with van der Waals surface area (Å²) in [5.74, 6) is 0.913. The van der Waals surface area contributed by atoms with E-state index in [-0.39, 0.29) is 10.6 Å². The van der Waals surface area contributed by atoms with Crippen LogP contribution in [0.15, 0.2) is 30.3 Å². The molecule has 1 atom stereocenters. The molecular formula is C23H26N6O3S. The van der Waals surface area contributed by atoms with Gasteiger partial charge in [-0.2, -0.15) is 9.97 Å². The average Bonchev–Trinajstić information content (AvgIpc) is 3.17. The maximum absolute atomic E-state index is 11.1. The minimum Gasteiger partial charge on any atom is -0.464 e. The number of fused-ring (bicyclic) bond motifs is 3. The van der Waals surface area contributed by atoms with Gasteiger partial charge in [0.05, 0.1) is 26.8 Å². The van der Waals surface area contributed by atoms with E-state index < -0.39 is 5.54 Å². The number of allylic oxidation sites excluding steroid dienone is 1. The third kappa shape index (κ3) is 3.79. The molecule has 0 aliphatic carbocycles. The van der Waals surface area contributed by atoms with Gasteiger partial charge < -0.3 is 20.3 Å². The SMILES string of the molecule is CCOc1nc(N2CCNCC2)c2sc3c(c2n1)C(C)=CC(C)(c1ccc([N+](=O)[O-])cc1)N3. The second-order valence-corrected chi connectivity index (χ2v) is 9.46. The molecule has 0 spiro atoms. The van der Waals surface area contributed by atoms with Crippen molar-refractivity contribution in [3.05, 3.63) is 51.6 Å². The van der Waals surface area contributed by atoms with Crippen molar-refractivity contribution in [1.29, 1.82) is 0 Å². The van der Waals surface area contributed by atoms with Crippen molar-refractivity contribution in [2.45, 2.75) is 26.3 Å². The van der Waals surface area contributed by atoms with Crippen LogP contribution < -0.4 is 20.3 Å². The van der Waals surface area contributed by atoms with Gasteiger partial charge in [-0.1, -0.05) is 6.08 Å². The van der Waals surface area contributed by atoms with E-state index in [1.54, 1.807) is 23.5 Å². The van der Waals surface area contributed by atoms with Gasteiger partial charge in [0.2, 0.25) is 0 Å². The number of hydrogen-bond acceptors (Lipinski definition) is 9. The van der Waals surface area contributed by atoms with Crippen molar-refractivity contribution >= 4 is 43.6 Å². The summed E-state index contributed by atoms with van der Waals surface area (Å²) < 4.78 is 6.77. The molecule has 2 aromatic heterocycles. The van der Waals surface area contributed by atoms with E-state index in [2.05, 4.69) is 35.5 Å². The van der Waals surface area contributed by atoms with Crippen LogP contribution in [-0.2, 0) is 5.54 Å². The first-order chi connectivity index (χ1) is 15.9. The number of rotatable bonds is 5. The maximum atomic E-state index is 11.1. The molecular weight excluding hydrogens is 440 g/mol. The number of nitro groups is 1. The molecule has 0 saturated carbocycles. The van der Waals surface area contributed by atoms with Crippen molar-refractivity contribution < 1.29 is 9.66 Å². The number of thiophene rings is 1. The number of nitrogens with zero attached hydrogens (tertiary/aromatic N) is 4. The third-order valence-corrected chi connectivity index (χ3v) is 7.23. The largest absolute Gasteiger partial charge is 0.464 e. The van der Waals surface area contributed by atoms with Crippen LogP contribution in [0.4, 0.5) is 16.5 Å². The molecule has 2 N–H and O–H groups in total. The van der Waals surface area contributed by atoms with Crippen LogP contribution >= 0.6 is 11.3 Å². The van der Waals surface area contributed by atoms with Crippen LogP contribution in [0.1, 0.15) is 31.9 Å². The van der Waals surface area contributed by atoms with E-state index in [1.807, 2.05) is 19.1 Å². The predicted octanol–water partition coefficient (Wildman–Crippen LogP) is 4.15. The fourth-order valence-corrected chi connectivity index (χ4v) is 5.88. The zero-order valence-electron chi connectivity index (χ0n) is 18.8.